The van der Waals surface area contributed by atoms with Gasteiger partial charge >= 0.3 is 0 Å². The van der Waals surface area contributed by atoms with Crippen LogP contribution in [-0.2, 0) is 0 Å². The zero-order valence-corrected chi connectivity index (χ0v) is 10.7. The Hall–Kier alpha value is -2.74. The van der Waals surface area contributed by atoms with E-state index in [-0.39, 0.29) is 0 Å². The lowest BCUT2D eigenvalue weighted by Crippen LogP contribution is -1.83. The van der Waals surface area contributed by atoms with E-state index in [1.807, 2.05) is 60.7 Å². The maximum atomic E-state index is 10.7. The van der Waals surface area contributed by atoms with E-state index in [9.17, 15) is 5.11 Å². The Labute approximate surface area is 115 Å². The molecule has 3 aromatic carbocycles. The summed E-state index contributed by atoms with van der Waals surface area (Å²) >= 11 is 0. The van der Waals surface area contributed by atoms with Crippen molar-refractivity contribution < 1.29 is 9.52 Å². The minimum atomic E-state index is 0.306. The van der Waals surface area contributed by atoms with Crippen molar-refractivity contribution in [3.8, 4) is 16.9 Å². The van der Waals surface area contributed by atoms with Gasteiger partial charge in [0.15, 0.2) is 0 Å². The van der Waals surface area contributed by atoms with Crippen LogP contribution in [-0.4, -0.2) is 5.11 Å². The Morgan fingerprint density at radius 1 is 0.700 bits per heavy atom. The molecule has 4 rings (SSSR count). The Kier molecular flexibility index (Phi) is 2.30. The number of benzene rings is 3. The van der Waals surface area contributed by atoms with Gasteiger partial charge in [-0.3, -0.25) is 0 Å². The van der Waals surface area contributed by atoms with Crippen molar-refractivity contribution in [3.05, 3.63) is 66.9 Å². The maximum Gasteiger partial charge on any atom is 0.142 e. The van der Waals surface area contributed by atoms with Crippen LogP contribution >= 0.6 is 0 Å². The average Bonchev–Trinajstić information content (AvgIpc) is 2.98. The van der Waals surface area contributed by atoms with Gasteiger partial charge in [-0.1, -0.05) is 54.6 Å². The summed E-state index contributed by atoms with van der Waals surface area (Å²) in [5.74, 6) is 0.306. The standard InChI is InChI=1S/C18H12O2/c19-17-13-8-4-5-9-14(13)18-15(10-11-20-18)16(17)12-6-2-1-3-7-12/h1-11,19H. The molecule has 2 nitrogen and oxygen atoms in total. The van der Waals surface area contributed by atoms with Gasteiger partial charge in [-0.05, 0) is 11.6 Å². The summed E-state index contributed by atoms with van der Waals surface area (Å²) in [5.41, 5.74) is 2.63. The number of phenols is 1. The van der Waals surface area contributed by atoms with Crippen LogP contribution in [0, 0.1) is 0 Å². The molecule has 1 heterocycles. The number of rotatable bonds is 1. The lowest BCUT2D eigenvalue weighted by atomic mass is 9.96. The van der Waals surface area contributed by atoms with Gasteiger partial charge in [-0.2, -0.15) is 0 Å². The molecule has 4 aromatic rings. The molecule has 0 radical (unpaired) electrons. The Morgan fingerprint density at radius 3 is 2.20 bits per heavy atom. The molecule has 1 aromatic heterocycles. The monoisotopic (exact) mass is 260 g/mol. The highest BCUT2D eigenvalue weighted by Gasteiger charge is 2.16. The number of hydrogen-bond acceptors (Lipinski definition) is 2. The topological polar surface area (TPSA) is 33.4 Å². The fourth-order valence-corrected chi connectivity index (χ4v) is 2.76. The minimum Gasteiger partial charge on any atom is -0.507 e. The first kappa shape index (κ1) is 11.1. The van der Waals surface area contributed by atoms with Crippen LogP contribution in [0.15, 0.2) is 71.3 Å². The molecular weight excluding hydrogens is 248 g/mol. The van der Waals surface area contributed by atoms with Crippen LogP contribution < -0.4 is 0 Å². The normalized spacial score (nSPS) is 11.2. The molecule has 0 amide bonds. The second-order valence-corrected chi connectivity index (χ2v) is 4.80. The summed E-state index contributed by atoms with van der Waals surface area (Å²) < 4.78 is 5.64. The molecule has 1 N–H and O–H groups in total. The summed E-state index contributed by atoms with van der Waals surface area (Å²) in [6.07, 6.45) is 1.67. The molecule has 0 aliphatic rings. The predicted molar refractivity (Wildman–Crippen MR) is 80.8 cm³/mol. The molecule has 0 saturated carbocycles. The molecular formula is C18H12O2. The van der Waals surface area contributed by atoms with Crippen molar-refractivity contribution in [3.63, 3.8) is 0 Å². The molecule has 20 heavy (non-hydrogen) atoms. The van der Waals surface area contributed by atoms with Gasteiger partial charge in [0.25, 0.3) is 0 Å². The van der Waals surface area contributed by atoms with E-state index in [1.54, 1.807) is 6.26 Å². The van der Waals surface area contributed by atoms with Gasteiger partial charge in [0.05, 0.1) is 6.26 Å². The van der Waals surface area contributed by atoms with Crippen LogP contribution in [0.2, 0.25) is 0 Å². The van der Waals surface area contributed by atoms with Crippen LogP contribution in [0.4, 0.5) is 0 Å². The number of hydrogen-bond donors (Lipinski definition) is 1. The lowest BCUT2D eigenvalue weighted by molar-refractivity contribution is 0.484. The van der Waals surface area contributed by atoms with Gasteiger partial charge in [0.1, 0.15) is 11.3 Å². The smallest absolute Gasteiger partial charge is 0.142 e. The molecule has 0 aliphatic heterocycles. The van der Waals surface area contributed by atoms with E-state index >= 15 is 0 Å². The van der Waals surface area contributed by atoms with Gasteiger partial charge in [0.2, 0.25) is 0 Å². The summed E-state index contributed by atoms with van der Waals surface area (Å²) in [5, 5.41) is 13.4. The molecule has 0 atom stereocenters. The van der Waals surface area contributed by atoms with Crippen LogP contribution in [0.1, 0.15) is 0 Å². The second-order valence-electron chi connectivity index (χ2n) is 4.80. The van der Waals surface area contributed by atoms with E-state index in [0.29, 0.717) is 5.75 Å². The fraction of sp³-hybridized carbons (Fsp3) is 0. The summed E-state index contributed by atoms with van der Waals surface area (Å²) in [6.45, 7) is 0. The van der Waals surface area contributed by atoms with Crippen molar-refractivity contribution in [1.82, 2.24) is 0 Å². The van der Waals surface area contributed by atoms with Gasteiger partial charge in [-0.25, -0.2) is 0 Å². The number of fused-ring (bicyclic) bond motifs is 3. The van der Waals surface area contributed by atoms with Crippen LogP contribution in [0.25, 0.3) is 32.9 Å². The first-order valence-corrected chi connectivity index (χ1v) is 6.52. The van der Waals surface area contributed by atoms with Gasteiger partial charge in [-0.15, -0.1) is 0 Å². The molecule has 0 spiro atoms. The largest absolute Gasteiger partial charge is 0.507 e. The first-order chi connectivity index (χ1) is 9.86. The highest BCUT2D eigenvalue weighted by molar-refractivity contribution is 6.15. The van der Waals surface area contributed by atoms with Crippen LogP contribution in [0.5, 0.6) is 5.75 Å². The van der Waals surface area contributed by atoms with Crippen LogP contribution in [0.3, 0.4) is 0 Å². The highest BCUT2D eigenvalue weighted by Crippen LogP contribution is 2.43. The second kappa shape index (κ2) is 4.14. The van der Waals surface area contributed by atoms with Crippen molar-refractivity contribution >= 4 is 21.7 Å². The number of phenolic OH excluding ortho intramolecular Hbond substituents is 1. The summed E-state index contributed by atoms with van der Waals surface area (Å²) in [4.78, 5) is 0. The van der Waals surface area contributed by atoms with E-state index in [4.69, 9.17) is 4.42 Å². The van der Waals surface area contributed by atoms with Crippen molar-refractivity contribution in [2.24, 2.45) is 0 Å². The Bertz CT molecular complexity index is 905. The molecule has 0 bridgehead atoms. The summed E-state index contributed by atoms with van der Waals surface area (Å²) in [7, 11) is 0. The maximum absolute atomic E-state index is 10.7. The van der Waals surface area contributed by atoms with Gasteiger partial charge < -0.3 is 9.52 Å². The fourth-order valence-electron chi connectivity index (χ4n) is 2.76. The van der Waals surface area contributed by atoms with Crippen molar-refractivity contribution in [2.75, 3.05) is 0 Å². The molecule has 0 unspecified atom stereocenters. The van der Waals surface area contributed by atoms with E-state index in [1.165, 1.54) is 0 Å². The van der Waals surface area contributed by atoms with E-state index < -0.39 is 0 Å². The number of furan rings is 1. The van der Waals surface area contributed by atoms with E-state index in [0.717, 1.165) is 32.9 Å². The average molecular weight is 260 g/mol. The zero-order chi connectivity index (χ0) is 13.5. The third kappa shape index (κ3) is 1.45. The van der Waals surface area contributed by atoms with E-state index in [2.05, 4.69) is 0 Å². The van der Waals surface area contributed by atoms with Crippen molar-refractivity contribution in [1.29, 1.82) is 0 Å². The molecule has 2 heteroatoms. The zero-order valence-electron chi connectivity index (χ0n) is 10.7. The molecule has 0 saturated heterocycles. The third-order valence-electron chi connectivity index (χ3n) is 3.66. The molecule has 96 valence electrons. The quantitative estimate of drug-likeness (QED) is 0.525. The highest BCUT2D eigenvalue weighted by atomic mass is 16.3. The van der Waals surface area contributed by atoms with Gasteiger partial charge in [0, 0.05) is 21.7 Å². The Morgan fingerprint density at radius 2 is 1.40 bits per heavy atom. The van der Waals surface area contributed by atoms with Crippen molar-refractivity contribution in [2.45, 2.75) is 0 Å². The first-order valence-electron chi connectivity index (χ1n) is 6.52. The lowest BCUT2D eigenvalue weighted by Gasteiger charge is -2.10. The minimum absolute atomic E-state index is 0.306. The SMILES string of the molecule is Oc1c(-c2ccccc2)c2ccoc2c2ccccc12. The molecule has 0 fully saturated rings. The predicted octanol–water partition coefficient (Wildman–Crippen LogP) is 4.96. The third-order valence-corrected chi connectivity index (χ3v) is 3.66. The number of aromatic hydroxyl groups is 1. The Balaban J connectivity index is 2.24. The molecule has 0 aliphatic carbocycles. The summed E-state index contributed by atoms with van der Waals surface area (Å²) in [6, 6.07) is 19.6.